The third kappa shape index (κ3) is 2.84. The number of benzene rings is 1. The second-order valence-electron chi connectivity index (χ2n) is 4.66. The molecular formula is C13H16F2N2O2. The topological polar surface area (TPSA) is 64.3 Å². The highest BCUT2D eigenvalue weighted by atomic mass is 19.1. The van der Waals surface area contributed by atoms with Crippen molar-refractivity contribution < 1.29 is 18.3 Å². The number of nitrogens with one attached hydrogen (secondary N) is 1. The number of nitrogen functional groups attached to an aromatic ring is 1. The Bertz CT molecular complexity index is 494. The van der Waals surface area contributed by atoms with Crippen LogP contribution in [0.4, 0.5) is 14.5 Å². The van der Waals surface area contributed by atoms with Gasteiger partial charge in [-0.1, -0.05) is 0 Å². The summed E-state index contributed by atoms with van der Waals surface area (Å²) in [6.45, 7) is 2.88. The maximum atomic E-state index is 13.6. The molecule has 1 saturated heterocycles. The minimum Gasteiger partial charge on any atom is -0.396 e. The van der Waals surface area contributed by atoms with Gasteiger partial charge in [-0.15, -0.1) is 0 Å². The van der Waals surface area contributed by atoms with E-state index in [1.807, 2.05) is 6.92 Å². The molecule has 104 valence electrons. The molecule has 0 bridgehead atoms. The zero-order valence-electron chi connectivity index (χ0n) is 10.6. The van der Waals surface area contributed by atoms with E-state index in [1.54, 1.807) is 0 Å². The Hall–Kier alpha value is -1.69. The molecule has 0 saturated carbocycles. The smallest absolute Gasteiger partial charge is 0.257 e. The molecule has 1 aromatic carbocycles. The lowest BCUT2D eigenvalue weighted by Crippen LogP contribution is -2.33. The maximum absolute atomic E-state index is 13.6. The van der Waals surface area contributed by atoms with E-state index in [9.17, 15) is 13.6 Å². The first-order chi connectivity index (χ1) is 9.00. The number of hydrogen-bond donors (Lipinski definition) is 2. The number of hydrogen-bond acceptors (Lipinski definition) is 3. The fraction of sp³-hybridized carbons (Fsp3) is 0.462. The highest BCUT2D eigenvalue weighted by Gasteiger charge is 2.26. The standard InChI is InChI=1S/C13H16F2N2O2/c1-7-8(4-5-19-7)6-17-13(18)11-9(14)2-3-10(16)12(11)15/h2-3,7-8H,4-6,16H2,1H3,(H,17,18). The van der Waals surface area contributed by atoms with Gasteiger partial charge in [-0.2, -0.15) is 0 Å². The van der Waals surface area contributed by atoms with Crippen LogP contribution in [0, 0.1) is 17.6 Å². The first kappa shape index (κ1) is 13.7. The Morgan fingerprint density at radius 3 is 2.89 bits per heavy atom. The van der Waals surface area contributed by atoms with E-state index in [4.69, 9.17) is 10.5 Å². The molecule has 19 heavy (non-hydrogen) atoms. The molecule has 1 amide bonds. The van der Waals surface area contributed by atoms with Gasteiger partial charge in [-0.05, 0) is 25.5 Å². The molecule has 4 nitrogen and oxygen atoms in total. The summed E-state index contributed by atoms with van der Waals surface area (Å²) in [5.74, 6) is -2.56. The summed E-state index contributed by atoms with van der Waals surface area (Å²) in [7, 11) is 0. The lowest BCUT2D eigenvalue weighted by molar-refractivity contribution is 0.0900. The van der Waals surface area contributed by atoms with E-state index in [0.717, 1.165) is 18.6 Å². The number of carbonyl (C=O) groups is 1. The predicted octanol–water partition coefficient (Wildman–Crippen LogP) is 1.70. The van der Waals surface area contributed by atoms with Gasteiger partial charge >= 0.3 is 0 Å². The average Bonchev–Trinajstić information content (AvgIpc) is 2.77. The van der Waals surface area contributed by atoms with Crippen LogP contribution in [0.15, 0.2) is 12.1 Å². The number of amides is 1. The fourth-order valence-electron chi connectivity index (χ4n) is 2.13. The molecule has 0 aliphatic carbocycles. The first-order valence-corrected chi connectivity index (χ1v) is 6.14. The van der Waals surface area contributed by atoms with Gasteiger partial charge < -0.3 is 15.8 Å². The van der Waals surface area contributed by atoms with Crippen molar-refractivity contribution in [2.24, 2.45) is 5.92 Å². The highest BCUT2D eigenvalue weighted by molar-refractivity contribution is 5.95. The number of nitrogens with two attached hydrogens (primary N) is 1. The number of rotatable bonds is 3. The van der Waals surface area contributed by atoms with Crippen molar-refractivity contribution in [2.75, 3.05) is 18.9 Å². The van der Waals surface area contributed by atoms with Gasteiger partial charge in [-0.3, -0.25) is 4.79 Å². The molecule has 2 rings (SSSR count). The van der Waals surface area contributed by atoms with Crippen LogP contribution in [0.1, 0.15) is 23.7 Å². The minimum atomic E-state index is -1.02. The zero-order chi connectivity index (χ0) is 14.0. The van der Waals surface area contributed by atoms with Crippen molar-refractivity contribution in [1.29, 1.82) is 0 Å². The molecule has 2 unspecified atom stereocenters. The molecule has 2 atom stereocenters. The van der Waals surface area contributed by atoms with Gasteiger partial charge in [0.2, 0.25) is 0 Å². The monoisotopic (exact) mass is 270 g/mol. The second kappa shape index (κ2) is 5.52. The first-order valence-electron chi connectivity index (χ1n) is 6.14. The largest absolute Gasteiger partial charge is 0.396 e. The summed E-state index contributed by atoms with van der Waals surface area (Å²) in [5, 5.41) is 2.53. The van der Waals surface area contributed by atoms with Crippen LogP contribution in [0.5, 0.6) is 0 Å². The fourth-order valence-corrected chi connectivity index (χ4v) is 2.13. The van der Waals surface area contributed by atoms with Gasteiger partial charge in [0.25, 0.3) is 5.91 Å². The number of anilines is 1. The Labute approximate surface area is 109 Å². The summed E-state index contributed by atoms with van der Waals surface area (Å²) >= 11 is 0. The van der Waals surface area contributed by atoms with Crippen molar-refractivity contribution >= 4 is 11.6 Å². The summed E-state index contributed by atoms with van der Waals surface area (Å²) in [5.41, 5.74) is 4.45. The molecule has 1 aliphatic heterocycles. The Balaban J connectivity index is 2.06. The van der Waals surface area contributed by atoms with Crippen molar-refractivity contribution in [3.8, 4) is 0 Å². The molecule has 1 aliphatic rings. The normalized spacial score (nSPS) is 22.5. The predicted molar refractivity (Wildman–Crippen MR) is 66.6 cm³/mol. The van der Waals surface area contributed by atoms with Crippen molar-refractivity contribution in [1.82, 2.24) is 5.32 Å². The lowest BCUT2D eigenvalue weighted by atomic mass is 10.0. The van der Waals surface area contributed by atoms with Gasteiger partial charge in [0.05, 0.1) is 11.8 Å². The summed E-state index contributed by atoms with van der Waals surface area (Å²) < 4.78 is 32.5. The molecular weight excluding hydrogens is 254 g/mol. The number of ether oxygens (including phenoxy) is 1. The lowest BCUT2D eigenvalue weighted by Gasteiger charge is -2.15. The van der Waals surface area contributed by atoms with Crippen LogP contribution in [-0.4, -0.2) is 25.2 Å². The van der Waals surface area contributed by atoms with E-state index in [1.165, 1.54) is 0 Å². The third-order valence-electron chi connectivity index (χ3n) is 3.41. The van der Waals surface area contributed by atoms with E-state index in [2.05, 4.69) is 5.32 Å². The van der Waals surface area contributed by atoms with E-state index < -0.39 is 23.1 Å². The van der Waals surface area contributed by atoms with E-state index in [-0.39, 0.29) is 17.7 Å². The zero-order valence-corrected chi connectivity index (χ0v) is 10.6. The molecule has 1 aromatic rings. The molecule has 6 heteroatoms. The summed E-state index contributed by atoms with van der Waals surface area (Å²) in [4.78, 5) is 11.8. The highest BCUT2D eigenvalue weighted by Crippen LogP contribution is 2.21. The van der Waals surface area contributed by atoms with E-state index in [0.29, 0.717) is 13.2 Å². The van der Waals surface area contributed by atoms with Crippen molar-refractivity contribution in [2.45, 2.75) is 19.4 Å². The van der Waals surface area contributed by atoms with Gasteiger partial charge in [0.15, 0.2) is 5.82 Å². The Kier molecular flexibility index (Phi) is 3.99. The molecule has 0 aromatic heterocycles. The minimum absolute atomic E-state index is 0.0378. The Morgan fingerprint density at radius 1 is 1.53 bits per heavy atom. The summed E-state index contributed by atoms with van der Waals surface area (Å²) in [6.07, 6.45) is 0.861. The summed E-state index contributed by atoms with van der Waals surface area (Å²) in [6, 6.07) is 2.07. The maximum Gasteiger partial charge on any atom is 0.257 e. The van der Waals surface area contributed by atoms with Crippen LogP contribution in [0.3, 0.4) is 0 Å². The average molecular weight is 270 g/mol. The SMILES string of the molecule is CC1OCCC1CNC(=O)c1c(F)ccc(N)c1F. The Morgan fingerprint density at radius 2 is 2.26 bits per heavy atom. The van der Waals surface area contributed by atoms with Crippen LogP contribution < -0.4 is 11.1 Å². The molecule has 1 fully saturated rings. The van der Waals surface area contributed by atoms with Crippen molar-refractivity contribution in [3.63, 3.8) is 0 Å². The molecule has 1 heterocycles. The van der Waals surface area contributed by atoms with Crippen molar-refractivity contribution in [3.05, 3.63) is 29.3 Å². The van der Waals surface area contributed by atoms with Gasteiger partial charge in [0.1, 0.15) is 11.4 Å². The van der Waals surface area contributed by atoms with Gasteiger partial charge in [0, 0.05) is 19.1 Å². The van der Waals surface area contributed by atoms with Crippen LogP contribution >= 0.6 is 0 Å². The van der Waals surface area contributed by atoms with E-state index >= 15 is 0 Å². The second-order valence-corrected chi connectivity index (χ2v) is 4.66. The number of carbonyl (C=O) groups excluding carboxylic acids is 1. The van der Waals surface area contributed by atoms with Gasteiger partial charge in [-0.25, -0.2) is 8.78 Å². The van der Waals surface area contributed by atoms with Crippen LogP contribution in [0.2, 0.25) is 0 Å². The molecule has 3 N–H and O–H groups in total. The molecule has 0 spiro atoms. The number of halogens is 2. The van der Waals surface area contributed by atoms with Crippen LogP contribution in [-0.2, 0) is 4.74 Å². The molecule has 0 radical (unpaired) electrons. The third-order valence-corrected chi connectivity index (χ3v) is 3.41. The quantitative estimate of drug-likeness (QED) is 0.822. The van der Waals surface area contributed by atoms with Crippen LogP contribution in [0.25, 0.3) is 0 Å².